The van der Waals surface area contributed by atoms with E-state index >= 15 is 0 Å². The van der Waals surface area contributed by atoms with Crippen molar-refractivity contribution in [2.45, 2.75) is 31.1 Å². The third-order valence-electron chi connectivity index (χ3n) is 5.20. The first-order chi connectivity index (χ1) is 17.0. The molecule has 0 aliphatic heterocycles. The molecule has 0 atom stereocenters. The highest BCUT2D eigenvalue weighted by Crippen LogP contribution is 2.37. The summed E-state index contributed by atoms with van der Waals surface area (Å²) in [5.74, 6) is -2.07. The fourth-order valence-electron chi connectivity index (χ4n) is 3.15. The van der Waals surface area contributed by atoms with Gasteiger partial charge in [-0.05, 0) is 37.1 Å². The van der Waals surface area contributed by atoms with Crippen LogP contribution in [-0.2, 0) is 22.3 Å². The number of halogens is 5. The van der Waals surface area contributed by atoms with Crippen LogP contribution >= 0.6 is 11.6 Å². The standard InChI is InChI=1S/C23H21ClF4N6O2/c1-2-30-10-13(9-29)20(35)34-22(5-6-22)21(36)32-12-19-17(24)8-15(11-31-19)33-18-4-3-14(25)7-16(18)23(26,27)28/h2-4,7-11,33H,1,5-6,12,29H2,(H,32,36)(H,34,35)/b13-9+,30-10-. The lowest BCUT2D eigenvalue weighted by molar-refractivity contribution is -0.137. The van der Waals surface area contributed by atoms with Crippen LogP contribution in [0.15, 0.2) is 60.0 Å². The molecule has 0 radical (unpaired) electrons. The number of anilines is 2. The van der Waals surface area contributed by atoms with E-state index in [2.05, 4.69) is 32.5 Å². The smallest absolute Gasteiger partial charge is 0.404 e. The fourth-order valence-corrected chi connectivity index (χ4v) is 3.38. The van der Waals surface area contributed by atoms with Gasteiger partial charge in [-0.15, -0.1) is 0 Å². The van der Waals surface area contributed by atoms with Crippen LogP contribution in [0.2, 0.25) is 5.02 Å². The number of benzene rings is 1. The normalized spacial score (nSPS) is 14.9. The molecule has 1 aromatic heterocycles. The number of hydrogen-bond donors (Lipinski definition) is 4. The van der Waals surface area contributed by atoms with Crippen molar-refractivity contribution in [3.8, 4) is 0 Å². The Morgan fingerprint density at radius 1 is 1.28 bits per heavy atom. The number of alkyl halides is 3. The van der Waals surface area contributed by atoms with Crippen LogP contribution in [0, 0.1) is 5.82 Å². The molecule has 0 unspecified atom stereocenters. The van der Waals surface area contributed by atoms with Crippen LogP contribution in [-0.4, -0.2) is 28.6 Å². The second-order valence-electron chi connectivity index (χ2n) is 7.77. The third kappa shape index (κ3) is 6.39. The number of nitrogens with one attached hydrogen (secondary N) is 3. The first-order valence-corrected chi connectivity index (χ1v) is 10.8. The minimum absolute atomic E-state index is 0.0524. The van der Waals surface area contributed by atoms with Crippen LogP contribution in [0.25, 0.3) is 0 Å². The maximum atomic E-state index is 13.3. The summed E-state index contributed by atoms with van der Waals surface area (Å²) in [6, 6.07) is 3.55. The molecule has 2 aromatic rings. The van der Waals surface area contributed by atoms with Gasteiger partial charge in [-0.2, -0.15) is 13.2 Å². The van der Waals surface area contributed by atoms with Gasteiger partial charge in [-0.1, -0.05) is 18.2 Å². The van der Waals surface area contributed by atoms with E-state index in [0.717, 1.165) is 18.3 Å². The van der Waals surface area contributed by atoms with Gasteiger partial charge >= 0.3 is 6.18 Å². The lowest BCUT2D eigenvalue weighted by Gasteiger charge is -2.18. The number of aromatic nitrogens is 1. The summed E-state index contributed by atoms with van der Waals surface area (Å²) in [6.07, 6.45) is 0.748. The Hall–Kier alpha value is -3.93. The van der Waals surface area contributed by atoms with Crippen molar-refractivity contribution in [2.24, 2.45) is 10.7 Å². The van der Waals surface area contributed by atoms with Gasteiger partial charge in [0.2, 0.25) is 5.91 Å². The summed E-state index contributed by atoms with van der Waals surface area (Å²) in [5, 5.41) is 7.86. The average Bonchev–Trinajstić information content (AvgIpc) is 3.60. The van der Waals surface area contributed by atoms with Crippen molar-refractivity contribution in [1.29, 1.82) is 0 Å². The second kappa shape index (κ2) is 10.8. The summed E-state index contributed by atoms with van der Waals surface area (Å²) in [5.41, 5.74) is 3.18. The van der Waals surface area contributed by atoms with Gasteiger partial charge < -0.3 is 21.7 Å². The number of pyridine rings is 1. The van der Waals surface area contributed by atoms with Gasteiger partial charge in [0.05, 0.1) is 46.0 Å². The Balaban J connectivity index is 1.65. The summed E-state index contributed by atoms with van der Waals surface area (Å²) in [4.78, 5) is 32.9. The van der Waals surface area contributed by atoms with E-state index in [9.17, 15) is 27.2 Å². The molecular weight excluding hydrogens is 504 g/mol. The molecule has 190 valence electrons. The van der Waals surface area contributed by atoms with Gasteiger partial charge in [0.25, 0.3) is 5.91 Å². The van der Waals surface area contributed by atoms with Gasteiger partial charge in [0, 0.05) is 18.6 Å². The van der Waals surface area contributed by atoms with Crippen LogP contribution < -0.4 is 21.7 Å². The molecule has 3 rings (SSSR count). The lowest BCUT2D eigenvalue weighted by Crippen LogP contribution is -2.49. The van der Waals surface area contributed by atoms with Gasteiger partial charge in [0.15, 0.2) is 0 Å². The molecule has 0 saturated heterocycles. The number of carbonyl (C=O) groups is 2. The van der Waals surface area contributed by atoms with Crippen molar-refractivity contribution >= 4 is 41.0 Å². The molecule has 1 aliphatic carbocycles. The van der Waals surface area contributed by atoms with Crippen LogP contribution in [0.4, 0.5) is 28.9 Å². The molecule has 1 saturated carbocycles. The highest BCUT2D eigenvalue weighted by atomic mass is 35.5. The molecule has 13 heteroatoms. The van der Waals surface area contributed by atoms with E-state index in [1.807, 2.05) is 0 Å². The van der Waals surface area contributed by atoms with Crippen molar-refractivity contribution in [1.82, 2.24) is 15.6 Å². The Kier molecular flexibility index (Phi) is 7.98. The third-order valence-corrected chi connectivity index (χ3v) is 5.53. The maximum Gasteiger partial charge on any atom is 0.418 e. The molecule has 1 aliphatic rings. The average molecular weight is 525 g/mol. The van der Waals surface area contributed by atoms with Crippen molar-refractivity contribution in [3.05, 3.63) is 77.1 Å². The molecule has 0 bridgehead atoms. The van der Waals surface area contributed by atoms with Crippen molar-refractivity contribution in [2.75, 3.05) is 5.32 Å². The van der Waals surface area contributed by atoms with Gasteiger partial charge in [0.1, 0.15) is 11.4 Å². The summed E-state index contributed by atoms with van der Waals surface area (Å²) in [7, 11) is 0. The summed E-state index contributed by atoms with van der Waals surface area (Å²) >= 11 is 6.21. The monoisotopic (exact) mass is 524 g/mol. The second-order valence-corrected chi connectivity index (χ2v) is 8.17. The SMILES string of the molecule is C=C/N=C\C(=C/N)C(=O)NC1(C(=O)NCc2ncc(Nc3ccc(F)cc3C(F)(F)F)cc2Cl)CC1. The van der Waals surface area contributed by atoms with Gasteiger partial charge in [-0.25, -0.2) is 4.39 Å². The molecule has 1 aromatic carbocycles. The Bertz CT molecular complexity index is 1240. The van der Waals surface area contributed by atoms with E-state index in [1.165, 1.54) is 24.7 Å². The Morgan fingerprint density at radius 2 is 2.00 bits per heavy atom. The fraction of sp³-hybridized carbons (Fsp3) is 0.217. The zero-order valence-corrected chi connectivity index (χ0v) is 19.4. The molecule has 0 spiro atoms. The number of rotatable bonds is 9. The van der Waals surface area contributed by atoms with Gasteiger partial charge in [-0.3, -0.25) is 19.6 Å². The Morgan fingerprint density at radius 3 is 2.58 bits per heavy atom. The number of aliphatic imine (C=N–C) groups is 1. The highest BCUT2D eigenvalue weighted by molar-refractivity contribution is 6.31. The topological polar surface area (TPSA) is 121 Å². The number of amides is 2. The zero-order chi connectivity index (χ0) is 26.5. The first-order valence-electron chi connectivity index (χ1n) is 10.4. The predicted octanol–water partition coefficient (Wildman–Crippen LogP) is 3.96. The highest BCUT2D eigenvalue weighted by Gasteiger charge is 2.51. The zero-order valence-electron chi connectivity index (χ0n) is 18.6. The summed E-state index contributed by atoms with van der Waals surface area (Å²) in [6.45, 7) is 3.30. The predicted molar refractivity (Wildman–Crippen MR) is 127 cm³/mol. The molecule has 36 heavy (non-hydrogen) atoms. The van der Waals surface area contributed by atoms with E-state index in [0.29, 0.717) is 18.9 Å². The quantitative estimate of drug-likeness (QED) is 0.225. The molecular formula is C23H21ClF4N6O2. The maximum absolute atomic E-state index is 13.3. The molecule has 2 amide bonds. The lowest BCUT2D eigenvalue weighted by atomic mass is 10.1. The minimum Gasteiger partial charge on any atom is -0.404 e. The van der Waals surface area contributed by atoms with Crippen molar-refractivity contribution in [3.63, 3.8) is 0 Å². The number of nitrogens with zero attached hydrogens (tertiary/aromatic N) is 2. The largest absolute Gasteiger partial charge is 0.418 e. The van der Waals surface area contributed by atoms with Crippen LogP contribution in [0.3, 0.4) is 0 Å². The van der Waals surface area contributed by atoms with Crippen LogP contribution in [0.5, 0.6) is 0 Å². The number of carbonyl (C=O) groups excluding carboxylic acids is 2. The van der Waals surface area contributed by atoms with E-state index in [4.69, 9.17) is 17.3 Å². The first kappa shape index (κ1) is 26.7. The van der Waals surface area contributed by atoms with Crippen molar-refractivity contribution < 1.29 is 27.2 Å². The molecule has 5 N–H and O–H groups in total. The molecule has 1 heterocycles. The van der Waals surface area contributed by atoms with Crippen LogP contribution in [0.1, 0.15) is 24.1 Å². The number of nitrogens with two attached hydrogens (primary N) is 1. The molecule has 8 nitrogen and oxygen atoms in total. The number of hydrogen-bond acceptors (Lipinski definition) is 6. The summed E-state index contributed by atoms with van der Waals surface area (Å²) < 4.78 is 53.0. The molecule has 1 fully saturated rings. The van der Waals surface area contributed by atoms with E-state index in [-0.39, 0.29) is 34.2 Å². The van der Waals surface area contributed by atoms with E-state index < -0.39 is 34.9 Å². The Labute approximate surface area is 208 Å². The van der Waals surface area contributed by atoms with E-state index in [1.54, 1.807) is 0 Å². The minimum atomic E-state index is -4.78.